The minimum Gasteiger partial charge on any atom is -0.355 e. The van der Waals surface area contributed by atoms with E-state index in [1.807, 2.05) is 0 Å². The van der Waals surface area contributed by atoms with Crippen molar-refractivity contribution in [1.29, 1.82) is 0 Å². The number of alkyl halides is 3. The van der Waals surface area contributed by atoms with Crippen LogP contribution in [0.15, 0.2) is 18.3 Å². The summed E-state index contributed by atoms with van der Waals surface area (Å²) in [5.74, 6) is -0.246. The van der Waals surface area contributed by atoms with Crippen LogP contribution in [-0.4, -0.2) is 23.9 Å². The number of Topliss-reactive ketones (excluding diaryl/α,β-unsaturated/α-hetero) is 1. The normalized spacial score (nSPS) is 20.2. The van der Waals surface area contributed by atoms with Crippen LogP contribution >= 0.6 is 0 Å². The molecule has 1 atom stereocenters. The molecule has 0 aliphatic carbocycles. The molecule has 1 saturated heterocycles. The Bertz CT molecular complexity index is 459. The quantitative estimate of drug-likeness (QED) is 0.817. The summed E-state index contributed by atoms with van der Waals surface area (Å²) in [4.78, 5) is 16.6. The molecule has 0 bridgehead atoms. The number of carbonyl (C=O) groups is 1. The van der Waals surface area contributed by atoms with Gasteiger partial charge in [0.25, 0.3) is 0 Å². The number of pyridine rings is 1. The molecule has 98 valence electrons. The summed E-state index contributed by atoms with van der Waals surface area (Å²) < 4.78 is 38.5. The van der Waals surface area contributed by atoms with Crippen LogP contribution in [0.4, 0.5) is 19.0 Å². The zero-order valence-electron chi connectivity index (χ0n) is 9.87. The lowest BCUT2D eigenvalue weighted by Crippen LogP contribution is -2.25. The van der Waals surface area contributed by atoms with E-state index in [0.717, 1.165) is 6.07 Å². The summed E-state index contributed by atoms with van der Waals surface area (Å²) in [6, 6.07) is 2.29. The van der Waals surface area contributed by atoms with Crippen LogP contribution < -0.4 is 4.90 Å². The number of hydrogen-bond acceptors (Lipinski definition) is 3. The molecule has 1 aromatic heterocycles. The topological polar surface area (TPSA) is 33.2 Å². The van der Waals surface area contributed by atoms with E-state index in [2.05, 4.69) is 4.98 Å². The van der Waals surface area contributed by atoms with Crippen LogP contribution in [0, 0.1) is 5.92 Å². The maximum atomic E-state index is 12.8. The Morgan fingerprint density at radius 1 is 1.50 bits per heavy atom. The molecule has 1 aromatic rings. The van der Waals surface area contributed by atoms with E-state index in [1.54, 1.807) is 0 Å². The number of ketones is 1. The molecule has 1 aliphatic heterocycles. The number of rotatable bonds is 2. The molecule has 0 amide bonds. The van der Waals surface area contributed by atoms with Gasteiger partial charge in [0.2, 0.25) is 0 Å². The van der Waals surface area contributed by atoms with Crippen molar-refractivity contribution >= 4 is 11.6 Å². The highest BCUT2D eigenvalue weighted by Gasteiger charge is 2.37. The number of nitrogens with zero attached hydrogens (tertiary/aromatic N) is 2. The summed E-state index contributed by atoms with van der Waals surface area (Å²) in [5, 5.41) is 0. The smallest absolute Gasteiger partial charge is 0.355 e. The van der Waals surface area contributed by atoms with Gasteiger partial charge in [-0.2, -0.15) is 13.2 Å². The first-order chi connectivity index (χ1) is 8.39. The predicted molar refractivity (Wildman–Crippen MR) is 60.2 cm³/mol. The third-order valence-corrected chi connectivity index (χ3v) is 3.15. The molecule has 1 unspecified atom stereocenters. The van der Waals surface area contributed by atoms with E-state index in [9.17, 15) is 18.0 Å². The van der Waals surface area contributed by atoms with Gasteiger partial charge in [-0.15, -0.1) is 0 Å². The van der Waals surface area contributed by atoms with Crippen molar-refractivity contribution in [2.75, 3.05) is 18.0 Å². The van der Waals surface area contributed by atoms with Gasteiger partial charge in [0.15, 0.2) is 0 Å². The molecule has 0 N–H and O–H groups in total. The zero-order chi connectivity index (χ0) is 13.3. The van der Waals surface area contributed by atoms with Crippen molar-refractivity contribution < 1.29 is 18.0 Å². The fourth-order valence-corrected chi connectivity index (χ4v) is 2.15. The van der Waals surface area contributed by atoms with Gasteiger partial charge in [-0.05, 0) is 25.5 Å². The summed E-state index contributed by atoms with van der Waals surface area (Å²) in [6.45, 7) is 2.22. The lowest BCUT2D eigenvalue weighted by Gasteiger charge is -2.21. The maximum Gasteiger partial charge on any atom is 0.419 e. The Morgan fingerprint density at radius 2 is 2.22 bits per heavy atom. The lowest BCUT2D eigenvalue weighted by molar-refractivity contribution is -0.137. The van der Waals surface area contributed by atoms with Gasteiger partial charge in [0.1, 0.15) is 11.6 Å². The molecule has 3 nitrogen and oxygen atoms in total. The molecule has 0 spiro atoms. The van der Waals surface area contributed by atoms with Crippen molar-refractivity contribution in [3.63, 3.8) is 0 Å². The fraction of sp³-hybridized carbons (Fsp3) is 0.500. The van der Waals surface area contributed by atoms with Gasteiger partial charge >= 0.3 is 6.18 Å². The average molecular weight is 258 g/mol. The van der Waals surface area contributed by atoms with Gasteiger partial charge in [0, 0.05) is 25.2 Å². The second kappa shape index (κ2) is 4.59. The monoisotopic (exact) mass is 258 g/mol. The number of carbonyl (C=O) groups excluding carboxylic acids is 1. The Kier molecular flexibility index (Phi) is 3.28. The summed E-state index contributed by atoms with van der Waals surface area (Å²) >= 11 is 0. The van der Waals surface area contributed by atoms with E-state index < -0.39 is 11.7 Å². The van der Waals surface area contributed by atoms with Gasteiger partial charge in [-0.3, -0.25) is 4.79 Å². The molecule has 0 aromatic carbocycles. The highest BCUT2D eigenvalue weighted by molar-refractivity contribution is 5.79. The Labute approximate surface area is 103 Å². The van der Waals surface area contributed by atoms with Crippen LogP contribution in [0.3, 0.4) is 0 Å². The van der Waals surface area contributed by atoms with E-state index in [-0.39, 0.29) is 17.5 Å². The third-order valence-electron chi connectivity index (χ3n) is 3.15. The molecule has 18 heavy (non-hydrogen) atoms. The van der Waals surface area contributed by atoms with Crippen LogP contribution in [0.5, 0.6) is 0 Å². The van der Waals surface area contributed by atoms with Crippen molar-refractivity contribution in [3.8, 4) is 0 Å². The van der Waals surface area contributed by atoms with Gasteiger partial charge in [-0.25, -0.2) is 4.98 Å². The number of hydrogen-bond donors (Lipinski definition) is 0. The largest absolute Gasteiger partial charge is 0.419 e. The maximum absolute atomic E-state index is 12.8. The first-order valence-electron chi connectivity index (χ1n) is 5.67. The number of anilines is 1. The molecule has 6 heteroatoms. The van der Waals surface area contributed by atoms with E-state index in [0.29, 0.717) is 19.5 Å². The molecule has 2 heterocycles. The van der Waals surface area contributed by atoms with Crippen LogP contribution in [0.1, 0.15) is 18.9 Å². The van der Waals surface area contributed by atoms with Gasteiger partial charge < -0.3 is 4.90 Å². The second-order valence-corrected chi connectivity index (χ2v) is 4.41. The minimum absolute atomic E-state index is 0.0157. The molecular weight excluding hydrogens is 245 g/mol. The standard InChI is InChI=1S/C12H13F3N2O/c1-8(18)9-4-6-17(7-9)11-10(12(13,14)15)3-2-5-16-11/h2-3,5,9H,4,6-7H2,1H3. The van der Waals surface area contributed by atoms with Crippen molar-refractivity contribution in [2.45, 2.75) is 19.5 Å². The predicted octanol–water partition coefficient (Wildman–Crippen LogP) is 2.52. The van der Waals surface area contributed by atoms with Crippen molar-refractivity contribution in [1.82, 2.24) is 4.98 Å². The molecule has 1 aliphatic rings. The minimum atomic E-state index is -4.42. The zero-order valence-corrected chi connectivity index (χ0v) is 9.87. The highest BCUT2D eigenvalue weighted by Crippen LogP contribution is 2.36. The third kappa shape index (κ3) is 2.47. The Hall–Kier alpha value is -1.59. The van der Waals surface area contributed by atoms with Gasteiger partial charge in [-0.1, -0.05) is 0 Å². The van der Waals surface area contributed by atoms with Crippen molar-refractivity contribution in [3.05, 3.63) is 23.9 Å². The van der Waals surface area contributed by atoms with E-state index in [1.165, 1.54) is 24.1 Å². The van der Waals surface area contributed by atoms with Crippen LogP contribution in [-0.2, 0) is 11.0 Å². The van der Waals surface area contributed by atoms with Gasteiger partial charge in [0.05, 0.1) is 5.56 Å². The first kappa shape index (κ1) is 12.9. The number of aromatic nitrogens is 1. The SMILES string of the molecule is CC(=O)C1CCN(c2ncccc2C(F)(F)F)C1. The Morgan fingerprint density at radius 3 is 2.78 bits per heavy atom. The molecule has 0 radical (unpaired) electrons. The first-order valence-corrected chi connectivity index (χ1v) is 5.67. The summed E-state index contributed by atoms with van der Waals surface area (Å²) in [5.41, 5.74) is -0.741. The molecule has 1 fully saturated rings. The molecule has 0 saturated carbocycles. The van der Waals surface area contributed by atoms with Crippen LogP contribution in [0.2, 0.25) is 0 Å². The highest BCUT2D eigenvalue weighted by atomic mass is 19.4. The molecule has 2 rings (SSSR count). The second-order valence-electron chi connectivity index (χ2n) is 4.41. The lowest BCUT2D eigenvalue weighted by atomic mass is 10.1. The average Bonchev–Trinajstić information content (AvgIpc) is 2.77. The fourth-order valence-electron chi connectivity index (χ4n) is 2.15. The van der Waals surface area contributed by atoms with Crippen molar-refractivity contribution in [2.24, 2.45) is 5.92 Å². The number of halogens is 3. The van der Waals surface area contributed by atoms with E-state index >= 15 is 0 Å². The van der Waals surface area contributed by atoms with Crippen LogP contribution in [0.25, 0.3) is 0 Å². The van der Waals surface area contributed by atoms with E-state index in [4.69, 9.17) is 0 Å². The summed E-state index contributed by atoms with van der Waals surface area (Å²) in [6.07, 6.45) is -2.49. The summed E-state index contributed by atoms with van der Waals surface area (Å²) in [7, 11) is 0. The molecular formula is C12H13F3N2O. The Balaban J connectivity index is 2.27.